The second-order valence-corrected chi connectivity index (χ2v) is 11.5. The average molecular weight is 556 g/mol. The van der Waals surface area contributed by atoms with Gasteiger partial charge in [0.1, 0.15) is 23.6 Å². The molecule has 11 heteroatoms. The number of likely N-dealkylation sites (tertiary alicyclic amines) is 1. The molecule has 218 valence electrons. The first kappa shape index (κ1) is 29.8. The monoisotopic (exact) mass is 555 g/mol. The van der Waals surface area contributed by atoms with Gasteiger partial charge in [-0.15, -0.1) is 10.2 Å². The predicted octanol–water partition coefficient (Wildman–Crippen LogP) is 3.56. The average Bonchev–Trinajstić information content (AvgIpc) is 3.39. The molecule has 2 aromatic rings. The second kappa shape index (κ2) is 12.6. The molecule has 1 aromatic carbocycles. The Morgan fingerprint density at radius 2 is 2.08 bits per heavy atom. The fourth-order valence-electron chi connectivity index (χ4n) is 6.24. The predicted molar refractivity (Wildman–Crippen MR) is 149 cm³/mol. The van der Waals surface area contributed by atoms with Crippen LogP contribution in [0.1, 0.15) is 76.5 Å². The molecule has 2 fully saturated rings. The summed E-state index contributed by atoms with van der Waals surface area (Å²) < 4.78 is 20.6. The summed E-state index contributed by atoms with van der Waals surface area (Å²) in [5.74, 6) is -0.123. The van der Waals surface area contributed by atoms with Gasteiger partial charge < -0.3 is 20.3 Å². The van der Waals surface area contributed by atoms with Gasteiger partial charge >= 0.3 is 0 Å². The minimum Gasteiger partial charge on any atom is -0.435 e. The maximum Gasteiger partial charge on any atom is 0.262 e. The van der Waals surface area contributed by atoms with Crippen LogP contribution in [0.4, 0.5) is 4.39 Å². The van der Waals surface area contributed by atoms with Crippen molar-refractivity contribution in [1.82, 2.24) is 35.6 Å². The zero-order chi connectivity index (χ0) is 29.0. The lowest BCUT2D eigenvalue weighted by Crippen LogP contribution is -2.64. The van der Waals surface area contributed by atoms with Crippen LogP contribution in [0.25, 0.3) is 0 Å². The van der Waals surface area contributed by atoms with Crippen molar-refractivity contribution in [3.8, 4) is 11.6 Å². The fraction of sp³-hybridized carbons (Fsp3) is 0.621. The third-order valence-corrected chi connectivity index (χ3v) is 8.17. The van der Waals surface area contributed by atoms with Crippen LogP contribution in [0.3, 0.4) is 0 Å². The molecule has 1 aromatic heterocycles. The van der Waals surface area contributed by atoms with E-state index in [0.29, 0.717) is 24.7 Å². The van der Waals surface area contributed by atoms with E-state index in [-0.39, 0.29) is 52.5 Å². The Hall–Kier alpha value is -3.18. The maximum atomic E-state index is 14.3. The highest BCUT2D eigenvalue weighted by Gasteiger charge is 2.58. The van der Waals surface area contributed by atoms with E-state index < -0.39 is 5.82 Å². The van der Waals surface area contributed by atoms with Gasteiger partial charge in [-0.1, -0.05) is 13.8 Å². The van der Waals surface area contributed by atoms with Gasteiger partial charge in [0.05, 0.1) is 11.6 Å². The molecule has 1 spiro atoms. The summed E-state index contributed by atoms with van der Waals surface area (Å²) in [5.41, 5.74) is 0.729. The summed E-state index contributed by atoms with van der Waals surface area (Å²) in [5, 5.41) is 14.8. The number of ether oxygens (including phenoxy) is 1. The highest BCUT2D eigenvalue weighted by atomic mass is 19.1. The summed E-state index contributed by atoms with van der Waals surface area (Å²) in [6, 6.07) is 3.98. The standard InChI is InChI=1S/C29H42FN7O3/c1-7-36(19(4)5)28(39)22-14-21(30)8-9-24(22)40-27-25(33-17-34-35-27)26-29(11-13-31-15-29)16-37(26)23(18(2)3)10-12-32-20(6)38/h8-9,14,17-19,23,26,31H,7,10-13,15-16H2,1-6H3,(H,32,38). The van der Waals surface area contributed by atoms with Crippen molar-refractivity contribution >= 4 is 11.8 Å². The lowest BCUT2D eigenvalue weighted by molar-refractivity contribution is -0.120. The molecule has 3 heterocycles. The van der Waals surface area contributed by atoms with Crippen molar-refractivity contribution in [3.05, 3.63) is 41.6 Å². The second-order valence-electron chi connectivity index (χ2n) is 11.5. The number of rotatable bonds is 11. The molecule has 2 N–H and O–H groups in total. The minimum atomic E-state index is -0.520. The van der Waals surface area contributed by atoms with Crippen molar-refractivity contribution in [2.24, 2.45) is 11.3 Å². The number of hydrogen-bond acceptors (Lipinski definition) is 8. The first-order chi connectivity index (χ1) is 19.1. The SMILES string of the molecule is CCN(C(=O)c1cc(F)ccc1Oc1nncnc1C1N(C(CCNC(C)=O)C(C)C)CC12CCNC2)C(C)C. The van der Waals surface area contributed by atoms with Gasteiger partial charge in [-0.3, -0.25) is 14.5 Å². The van der Waals surface area contributed by atoms with Crippen LogP contribution in [0.15, 0.2) is 24.5 Å². The summed E-state index contributed by atoms with van der Waals surface area (Å²) in [7, 11) is 0. The Kier molecular flexibility index (Phi) is 9.35. The molecule has 0 aliphatic carbocycles. The van der Waals surface area contributed by atoms with Gasteiger partial charge in [0.2, 0.25) is 5.91 Å². The van der Waals surface area contributed by atoms with Gasteiger partial charge in [0.25, 0.3) is 11.8 Å². The van der Waals surface area contributed by atoms with E-state index in [0.717, 1.165) is 32.5 Å². The summed E-state index contributed by atoms with van der Waals surface area (Å²) in [4.78, 5) is 33.7. The summed E-state index contributed by atoms with van der Waals surface area (Å²) in [6.45, 7) is 15.3. The highest BCUT2D eigenvalue weighted by molar-refractivity contribution is 5.97. The van der Waals surface area contributed by atoms with E-state index in [1.165, 1.54) is 31.5 Å². The number of nitrogens with zero attached hydrogens (tertiary/aromatic N) is 5. The van der Waals surface area contributed by atoms with E-state index in [9.17, 15) is 14.0 Å². The van der Waals surface area contributed by atoms with E-state index in [2.05, 4.69) is 44.6 Å². The first-order valence-electron chi connectivity index (χ1n) is 14.2. The Labute approximate surface area is 236 Å². The van der Waals surface area contributed by atoms with Crippen molar-refractivity contribution in [2.75, 3.05) is 32.7 Å². The molecule has 3 unspecified atom stereocenters. The largest absolute Gasteiger partial charge is 0.435 e. The number of halogens is 1. The topological polar surface area (TPSA) is 113 Å². The molecule has 10 nitrogen and oxygen atoms in total. The van der Waals surface area contributed by atoms with Crippen molar-refractivity contribution < 1.29 is 18.7 Å². The van der Waals surface area contributed by atoms with E-state index in [4.69, 9.17) is 4.74 Å². The number of carbonyl (C=O) groups excluding carboxylic acids is 2. The molecule has 3 atom stereocenters. The molecule has 40 heavy (non-hydrogen) atoms. The number of amides is 2. The van der Waals surface area contributed by atoms with Crippen LogP contribution in [0.2, 0.25) is 0 Å². The van der Waals surface area contributed by atoms with E-state index >= 15 is 0 Å². The van der Waals surface area contributed by atoms with Crippen LogP contribution in [0, 0.1) is 17.2 Å². The zero-order valence-electron chi connectivity index (χ0n) is 24.4. The third-order valence-electron chi connectivity index (χ3n) is 8.17. The number of hydrogen-bond donors (Lipinski definition) is 2. The fourth-order valence-corrected chi connectivity index (χ4v) is 6.24. The van der Waals surface area contributed by atoms with Gasteiger partial charge in [-0.25, -0.2) is 9.37 Å². The van der Waals surface area contributed by atoms with Crippen molar-refractivity contribution in [1.29, 1.82) is 0 Å². The lowest BCUT2D eigenvalue weighted by Gasteiger charge is -2.59. The highest BCUT2D eigenvalue weighted by Crippen LogP contribution is 2.55. The van der Waals surface area contributed by atoms with Crippen molar-refractivity contribution in [3.63, 3.8) is 0 Å². The molecule has 2 aliphatic heterocycles. The lowest BCUT2D eigenvalue weighted by atomic mass is 9.67. The van der Waals surface area contributed by atoms with Gasteiger partial charge in [-0.05, 0) is 64.3 Å². The Bertz CT molecular complexity index is 1200. The van der Waals surface area contributed by atoms with Crippen LogP contribution < -0.4 is 15.4 Å². The molecular formula is C29H42FN7O3. The van der Waals surface area contributed by atoms with E-state index in [1.807, 2.05) is 20.8 Å². The van der Waals surface area contributed by atoms with Crippen LogP contribution >= 0.6 is 0 Å². The first-order valence-corrected chi connectivity index (χ1v) is 14.2. The third kappa shape index (κ3) is 6.10. The number of carbonyl (C=O) groups is 2. The summed E-state index contributed by atoms with van der Waals surface area (Å²) >= 11 is 0. The van der Waals surface area contributed by atoms with E-state index in [1.54, 1.807) is 4.90 Å². The Morgan fingerprint density at radius 1 is 1.30 bits per heavy atom. The molecular weight excluding hydrogens is 513 g/mol. The number of aromatic nitrogens is 3. The maximum absolute atomic E-state index is 14.3. The molecule has 4 rings (SSSR count). The van der Waals surface area contributed by atoms with Crippen LogP contribution in [0.5, 0.6) is 11.6 Å². The Morgan fingerprint density at radius 3 is 2.70 bits per heavy atom. The van der Waals surface area contributed by atoms with Crippen LogP contribution in [-0.4, -0.2) is 81.6 Å². The molecule has 2 amide bonds. The molecule has 2 saturated heterocycles. The van der Waals surface area contributed by atoms with Crippen molar-refractivity contribution in [2.45, 2.75) is 72.5 Å². The normalized spacial score (nSPS) is 21.5. The van der Waals surface area contributed by atoms with Crippen LogP contribution in [-0.2, 0) is 4.79 Å². The smallest absolute Gasteiger partial charge is 0.262 e. The minimum absolute atomic E-state index is 0.0430. The summed E-state index contributed by atoms with van der Waals surface area (Å²) in [6.07, 6.45) is 3.20. The Balaban J connectivity index is 1.70. The quantitative estimate of drug-likeness (QED) is 0.433. The molecule has 0 radical (unpaired) electrons. The van der Waals surface area contributed by atoms with Gasteiger partial charge in [-0.2, -0.15) is 0 Å². The molecule has 2 aliphatic rings. The zero-order valence-corrected chi connectivity index (χ0v) is 24.4. The molecule has 0 saturated carbocycles. The van der Waals surface area contributed by atoms with Gasteiger partial charge in [0.15, 0.2) is 0 Å². The number of benzene rings is 1. The molecule has 0 bridgehead atoms. The number of nitrogens with one attached hydrogen (secondary N) is 2. The van der Waals surface area contributed by atoms with Gasteiger partial charge in [0, 0.05) is 50.6 Å².